The standard InChI is InChI=1S/C23H22ClNO5S/c1-28-18-9-7-16(8-10-18)13-30-23(27)19-17(11-24)14-31-22-20(21(26)25(19)22)29-12-15-5-3-2-4-6-15/h2-10,20,22H,11-14H2,1H3/t20-,22-/m0/s1. The highest BCUT2D eigenvalue weighted by atomic mass is 35.5. The molecule has 2 aliphatic heterocycles. The van der Waals surface area contributed by atoms with Crippen molar-refractivity contribution in [1.29, 1.82) is 0 Å². The Labute approximate surface area is 190 Å². The molecular weight excluding hydrogens is 438 g/mol. The normalized spacial score (nSPS) is 20.2. The number of esters is 1. The lowest BCUT2D eigenvalue weighted by atomic mass is 10.1. The van der Waals surface area contributed by atoms with Crippen LogP contribution in [0.3, 0.4) is 0 Å². The van der Waals surface area contributed by atoms with Gasteiger partial charge in [0.2, 0.25) is 0 Å². The van der Waals surface area contributed by atoms with E-state index < -0.39 is 12.1 Å². The van der Waals surface area contributed by atoms with Crippen molar-refractivity contribution in [1.82, 2.24) is 4.90 Å². The summed E-state index contributed by atoms with van der Waals surface area (Å²) >= 11 is 7.62. The molecule has 31 heavy (non-hydrogen) atoms. The summed E-state index contributed by atoms with van der Waals surface area (Å²) in [5, 5.41) is -0.258. The van der Waals surface area contributed by atoms with Gasteiger partial charge in [0.25, 0.3) is 5.91 Å². The lowest BCUT2D eigenvalue weighted by Crippen LogP contribution is -2.65. The molecule has 1 saturated heterocycles. The smallest absolute Gasteiger partial charge is 0.355 e. The number of β-lactam (4-membered cyclic amide) rings is 1. The number of hydrogen-bond acceptors (Lipinski definition) is 6. The van der Waals surface area contributed by atoms with Crippen molar-refractivity contribution in [3.63, 3.8) is 0 Å². The zero-order valence-electron chi connectivity index (χ0n) is 17.0. The van der Waals surface area contributed by atoms with Crippen LogP contribution in [0.25, 0.3) is 0 Å². The second kappa shape index (κ2) is 9.77. The molecule has 162 valence electrons. The molecule has 2 aliphatic rings. The number of nitrogens with zero attached hydrogens (tertiary/aromatic N) is 1. The third-order valence-corrected chi connectivity index (χ3v) is 6.79. The van der Waals surface area contributed by atoms with Gasteiger partial charge in [-0.1, -0.05) is 42.5 Å². The number of carbonyl (C=O) groups is 2. The van der Waals surface area contributed by atoms with Gasteiger partial charge in [0.15, 0.2) is 6.10 Å². The van der Waals surface area contributed by atoms with Crippen molar-refractivity contribution in [2.24, 2.45) is 0 Å². The summed E-state index contributed by atoms with van der Waals surface area (Å²) in [6.07, 6.45) is -0.591. The van der Waals surface area contributed by atoms with Crippen molar-refractivity contribution in [2.75, 3.05) is 18.7 Å². The molecule has 0 N–H and O–H groups in total. The van der Waals surface area contributed by atoms with Crippen molar-refractivity contribution < 1.29 is 23.8 Å². The lowest BCUT2D eigenvalue weighted by Gasteiger charge is -2.49. The lowest BCUT2D eigenvalue weighted by molar-refractivity contribution is -0.167. The predicted octanol–water partition coefficient (Wildman–Crippen LogP) is 3.73. The summed E-state index contributed by atoms with van der Waals surface area (Å²) in [7, 11) is 1.59. The Morgan fingerprint density at radius 3 is 2.48 bits per heavy atom. The molecule has 2 aromatic carbocycles. The first kappa shape index (κ1) is 21.7. The Hall–Kier alpha value is -2.48. The van der Waals surface area contributed by atoms with Gasteiger partial charge in [-0.3, -0.25) is 9.69 Å². The van der Waals surface area contributed by atoms with Gasteiger partial charge in [0, 0.05) is 11.6 Å². The molecule has 2 atom stereocenters. The van der Waals surface area contributed by atoms with Gasteiger partial charge in [-0.15, -0.1) is 23.4 Å². The maximum Gasteiger partial charge on any atom is 0.355 e. The Morgan fingerprint density at radius 2 is 1.81 bits per heavy atom. The SMILES string of the molecule is COc1ccc(COC(=O)C2=C(CCl)CS[C@H]3[C@@H](OCc4ccccc4)C(=O)N23)cc1. The molecule has 1 amide bonds. The van der Waals surface area contributed by atoms with Gasteiger partial charge in [0.05, 0.1) is 13.7 Å². The number of hydrogen-bond donors (Lipinski definition) is 0. The summed E-state index contributed by atoms with van der Waals surface area (Å²) in [5.74, 6) is 0.642. The van der Waals surface area contributed by atoms with E-state index in [1.54, 1.807) is 31.0 Å². The quantitative estimate of drug-likeness (QED) is 0.340. The molecule has 2 heterocycles. The second-order valence-electron chi connectivity index (χ2n) is 7.14. The summed E-state index contributed by atoms with van der Waals surface area (Å²) in [6, 6.07) is 16.9. The molecule has 8 heteroatoms. The van der Waals surface area contributed by atoms with Crippen LogP contribution in [-0.4, -0.2) is 47.0 Å². The predicted molar refractivity (Wildman–Crippen MR) is 119 cm³/mol. The van der Waals surface area contributed by atoms with Crippen LogP contribution in [0, 0.1) is 0 Å². The average Bonchev–Trinajstić information content (AvgIpc) is 2.82. The third-order valence-electron chi connectivity index (χ3n) is 5.15. The van der Waals surface area contributed by atoms with E-state index in [-0.39, 0.29) is 29.5 Å². The largest absolute Gasteiger partial charge is 0.497 e. The number of methoxy groups -OCH3 is 1. The molecule has 2 aromatic rings. The number of fused-ring (bicyclic) bond motifs is 1. The maximum absolute atomic E-state index is 12.9. The zero-order valence-corrected chi connectivity index (χ0v) is 18.5. The molecule has 4 rings (SSSR count). The molecule has 0 bridgehead atoms. The third kappa shape index (κ3) is 4.59. The van der Waals surface area contributed by atoms with Crippen molar-refractivity contribution in [3.8, 4) is 5.75 Å². The molecule has 0 saturated carbocycles. The highest BCUT2D eigenvalue weighted by Gasteiger charge is 2.54. The van der Waals surface area contributed by atoms with Crippen LogP contribution in [-0.2, 0) is 32.3 Å². The minimum Gasteiger partial charge on any atom is -0.497 e. The van der Waals surface area contributed by atoms with Crippen molar-refractivity contribution in [2.45, 2.75) is 24.7 Å². The number of alkyl halides is 1. The number of halogens is 1. The first-order chi connectivity index (χ1) is 15.1. The molecule has 0 aliphatic carbocycles. The summed E-state index contributed by atoms with van der Waals surface area (Å²) < 4.78 is 16.5. The topological polar surface area (TPSA) is 65.1 Å². The van der Waals surface area contributed by atoms with Gasteiger partial charge < -0.3 is 14.2 Å². The Bertz CT molecular complexity index is 979. The molecule has 0 spiro atoms. The summed E-state index contributed by atoms with van der Waals surface area (Å²) in [4.78, 5) is 27.2. The summed E-state index contributed by atoms with van der Waals surface area (Å²) in [6.45, 7) is 0.432. The Balaban J connectivity index is 1.42. The van der Waals surface area contributed by atoms with Gasteiger partial charge >= 0.3 is 5.97 Å². The van der Waals surface area contributed by atoms with Crippen LogP contribution in [0.4, 0.5) is 0 Å². The zero-order chi connectivity index (χ0) is 21.8. The molecule has 1 fully saturated rings. The van der Waals surface area contributed by atoms with Crippen LogP contribution < -0.4 is 4.74 Å². The van der Waals surface area contributed by atoms with E-state index in [4.69, 9.17) is 25.8 Å². The molecule has 0 radical (unpaired) electrons. The minimum absolute atomic E-state index is 0.0929. The maximum atomic E-state index is 12.9. The summed E-state index contributed by atoms with van der Waals surface area (Å²) in [5.41, 5.74) is 2.75. The van der Waals surface area contributed by atoms with Crippen LogP contribution in [0.5, 0.6) is 5.75 Å². The number of ether oxygens (including phenoxy) is 3. The molecule has 0 unspecified atom stereocenters. The average molecular weight is 460 g/mol. The Morgan fingerprint density at radius 1 is 1.10 bits per heavy atom. The van der Waals surface area contributed by atoms with E-state index in [0.29, 0.717) is 17.9 Å². The number of benzene rings is 2. The second-order valence-corrected chi connectivity index (χ2v) is 8.51. The van der Waals surface area contributed by atoms with Gasteiger partial charge in [-0.05, 0) is 28.8 Å². The van der Waals surface area contributed by atoms with E-state index >= 15 is 0 Å². The van der Waals surface area contributed by atoms with E-state index in [0.717, 1.165) is 16.9 Å². The minimum atomic E-state index is -0.591. The Kier molecular flexibility index (Phi) is 6.85. The van der Waals surface area contributed by atoms with Crippen molar-refractivity contribution >= 4 is 35.2 Å². The fraction of sp³-hybridized carbons (Fsp3) is 0.304. The van der Waals surface area contributed by atoms with Crippen molar-refractivity contribution in [3.05, 3.63) is 77.0 Å². The highest BCUT2D eigenvalue weighted by Crippen LogP contribution is 2.42. The fourth-order valence-corrected chi connectivity index (χ4v) is 5.13. The first-order valence-electron chi connectivity index (χ1n) is 9.80. The number of rotatable bonds is 8. The van der Waals surface area contributed by atoms with Gasteiger partial charge in [0.1, 0.15) is 23.4 Å². The van der Waals surface area contributed by atoms with E-state index in [2.05, 4.69) is 0 Å². The van der Waals surface area contributed by atoms with Crippen LogP contribution in [0.2, 0.25) is 0 Å². The fourth-order valence-electron chi connectivity index (χ4n) is 3.46. The van der Waals surface area contributed by atoms with E-state index in [1.165, 1.54) is 4.90 Å². The van der Waals surface area contributed by atoms with Crippen LogP contribution >= 0.6 is 23.4 Å². The monoisotopic (exact) mass is 459 g/mol. The van der Waals surface area contributed by atoms with E-state index in [1.807, 2.05) is 42.5 Å². The number of amides is 1. The number of carbonyl (C=O) groups excluding carboxylic acids is 2. The van der Waals surface area contributed by atoms with E-state index in [9.17, 15) is 9.59 Å². The van der Waals surface area contributed by atoms with Crippen LogP contribution in [0.15, 0.2) is 65.9 Å². The number of thioether (sulfide) groups is 1. The molecule has 6 nitrogen and oxygen atoms in total. The first-order valence-corrected chi connectivity index (χ1v) is 11.4. The van der Waals surface area contributed by atoms with Gasteiger partial charge in [-0.2, -0.15) is 0 Å². The van der Waals surface area contributed by atoms with Gasteiger partial charge in [-0.25, -0.2) is 4.79 Å². The highest BCUT2D eigenvalue weighted by molar-refractivity contribution is 8.00. The molecular formula is C23H22ClNO5S. The molecule has 0 aromatic heterocycles. The van der Waals surface area contributed by atoms with Crippen LogP contribution in [0.1, 0.15) is 11.1 Å².